The average Bonchev–Trinajstić information content (AvgIpc) is 3.18. The van der Waals surface area contributed by atoms with Crippen LogP contribution in [0, 0.1) is 0 Å². The smallest absolute Gasteiger partial charge is 0.220 e. The molecule has 1 fully saturated rings. The molecular formula is C46H87NO8. The number of ether oxygens (including phenoxy) is 2. The first-order valence-electron chi connectivity index (χ1n) is 23.0. The second kappa shape index (κ2) is 37.0. The molecule has 0 saturated carbocycles. The average molecular weight is 782 g/mol. The van der Waals surface area contributed by atoms with E-state index in [1.807, 2.05) is 0 Å². The fraction of sp³-hybridized carbons (Fsp3) is 0.891. The maximum absolute atomic E-state index is 12.9. The minimum absolute atomic E-state index is 0.138. The van der Waals surface area contributed by atoms with Crippen molar-refractivity contribution in [3.05, 3.63) is 24.3 Å². The Morgan fingerprint density at radius 1 is 0.618 bits per heavy atom. The van der Waals surface area contributed by atoms with Crippen molar-refractivity contribution in [3.63, 3.8) is 0 Å². The molecule has 1 amide bonds. The van der Waals surface area contributed by atoms with Crippen molar-refractivity contribution in [2.24, 2.45) is 0 Å². The monoisotopic (exact) mass is 782 g/mol. The highest BCUT2D eigenvalue weighted by Gasteiger charge is 2.44. The van der Waals surface area contributed by atoms with E-state index in [0.29, 0.717) is 12.8 Å². The zero-order chi connectivity index (χ0) is 40.2. The summed E-state index contributed by atoms with van der Waals surface area (Å²) in [5.74, 6) is -0.149. The van der Waals surface area contributed by atoms with Gasteiger partial charge in [-0.1, -0.05) is 179 Å². The molecule has 0 spiro atoms. The molecule has 55 heavy (non-hydrogen) atoms. The molecule has 1 heterocycles. The number of allylic oxidation sites excluding steroid dienone is 4. The van der Waals surface area contributed by atoms with Gasteiger partial charge in [0.1, 0.15) is 24.4 Å². The normalized spacial score (nSPS) is 21.5. The van der Waals surface area contributed by atoms with Gasteiger partial charge in [-0.3, -0.25) is 4.79 Å². The number of unbranched alkanes of at least 4 members (excludes halogenated alkanes) is 24. The molecule has 0 aromatic carbocycles. The third kappa shape index (κ3) is 27.9. The van der Waals surface area contributed by atoms with E-state index in [-0.39, 0.29) is 12.5 Å². The van der Waals surface area contributed by atoms with Gasteiger partial charge < -0.3 is 40.3 Å². The summed E-state index contributed by atoms with van der Waals surface area (Å²) in [6.07, 6.45) is 36.3. The molecule has 1 aliphatic heterocycles. The topological polar surface area (TPSA) is 149 Å². The van der Waals surface area contributed by atoms with Gasteiger partial charge in [0.05, 0.1) is 25.4 Å². The van der Waals surface area contributed by atoms with Crippen molar-refractivity contribution in [2.45, 2.75) is 249 Å². The lowest BCUT2D eigenvalue weighted by atomic mass is 9.99. The van der Waals surface area contributed by atoms with Crippen LogP contribution in [-0.4, -0.2) is 87.5 Å². The van der Waals surface area contributed by atoms with E-state index in [0.717, 1.165) is 44.9 Å². The molecule has 0 aromatic heterocycles. The number of nitrogens with one attached hydrogen (secondary N) is 1. The molecule has 7 unspecified atom stereocenters. The van der Waals surface area contributed by atoms with Gasteiger partial charge in [-0.2, -0.15) is 0 Å². The van der Waals surface area contributed by atoms with E-state index in [1.54, 1.807) is 0 Å². The maximum atomic E-state index is 12.9. The van der Waals surface area contributed by atoms with E-state index in [2.05, 4.69) is 43.5 Å². The highest BCUT2D eigenvalue weighted by Crippen LogP contribution is 2.23. The molecular weight excluding hydrogens is 695 g/mol. The number of hydrogen-bond acceptors (Lipinski definition) is 8. The fourth-order valence-electron chi connectivity index (χ4n) is 7.31. The lowest BCUT2D eigenvalue weighted by molar-refractivity contribution is -0.302. The van der Waals surface area contributed by atoms with E-state index in [4.69, 9.17) is 9.47 Å². The first kappa shape index (κ1) is 51.7. The Hall–Kier alpha value is -1.33. The van der Waals surface area contributed by atoms with Crippen LogP contribution in [0.2, 0.25) is 0 Å². The molecule has 324 valence electrons. The van der Waals surface area contributed by atoms with Crippen LogP contribution >= 0.6 is 0 Å². The van der Waals surface area contributed by atoms with Crippen LogP contribution in [0.15, 0.2) is 24.3 Å². The van der Waals surface area contributed by atoms with Crippen LogP contribution in [0.25, 0.3) is 0 Å². The van der Waals surface area contributed by atoms with Gasteiger partial charge in [-0.05, 0) is 44.9 Å². The Bertz CT molecular complexity index is 914. The number of aliphatic hydroxyl groups is 5. The van der Waals surface area contributed by atoms with Crippen LogP contribution in [0.3, 0.4) is 0 Å². The lowest BCUT2D eigenvalue weighted by Gasteiger charge is -2.40. The number of aliphatic hydroxyl groups excluding tert-OH is 5. The van der Waals surface area contributed by atoms with Crippen LogP contribution in [0.1, 0.15) is 206 Å². The summed E-state index contributed by atoms with van der Waals surface area (Å²) in [5, 5.41) is 54.2. The number of rotatable bonds is 38. The Morgan fingerprint density at radius 2 is 1.07 bits per heavy atom. The zero-order valence-corrected chi connectivity index (χ0v) is 35.4. The zero-order valence-electron chi connectivity index (χ0n) is 35.4. The van der Waals surface area contributed by atoms with Crippen molar-refractivity contribution in [3.8, 4) is 0 Å². The van der Waals surface area contributed by atoms with E-state index >= 15 is 0 Å². The predicted molar refractivity (Wildman–Crippen MR) is 226 cm³/mol. The summed E-state index contributed by atoms with van der Waals surface area (Å²) >= 11 is 0. The summed E-state index contributed by atoms with van der Waals surface area (Å²) in [7, 11) is 0. The molecule has 6 N–H and O–H groups in total. The minimum Gasteiger partial charge on any atom is -0.394 e. The highest BCUT2D eigenvalue weighted by molar-refractivity contribution is 5.76. The van der Waals surface area contributed by atoms with Gasteiger partial charge in [-0.25, -0.2) is 0 Å². The van der Waals surface area contributed by atoms with Crippen LogP contribution in [0.5, 0.6) is 0 Å². The number of carbonyl (C=O) groups is 1. The predicted octanol–water partition coefficient (Wildman–Crippen LogP) is 9.50. The van der Waals surface area contributed by atoms with Crippen molar-refractivity contribution >= 4 is 5.91 Å². The van der Waals surface area contributed by atoms with Crippen molar-refractivity contribution in [1.82, 2.24) is 5.32 Å². The molecule has 0 aromatic rings. The van der Waals surface area contributed by atoms with Gasteiger partial charge in [0, 0.05) is 6.42 Å². The van der Waals surface area contributed by atoms with Crippen LogP contribution in [0.4, 0.5) is 0 Å². The Morgan fingerprint density at radius 3 is 1.56 bits per heavy atom. The Labute approximate surface area is 337 Å². The second-order valence-corrected chi connectivity index (χ2v) is 16.2. The second-order valence-electron chi connectivity index (χ2n) is 16.2. The van der Waals surface area contributed by atoms with Crippen LogP contribution < -0.4 is 5.32 Å². The molecule has 1 saturated heterocycles. The van der Waals surface area contributed by atoms with E-state index in [1.165, 1.54) is 135 Å². The van der Waals surface area contributed by atoms with Crippen molar-refractivity contribution in [1.29, 1.82) is 0 Å². The maximum Gasteiger partial charge on any atom is 0.220 e. The largest absolute Gasteiger partial charge is 0.394 e. The lowest BCUT2D eigenvalue weighted by Crippen LogP contribution is -2.60. The Balaban J connectivity index is 2.23. The Kier molecular flexibility index (Phi) is 34.7. The summed E-state index contributed by atoms with van der Waals surface area (Å²) in [5.41, 5.74) is 0. The standard InChI is InChI=1S/C46H87NO8/c1-3-5-7-9-11-13-14-15-16-17-18-19-20-21-22-23-24-25-26-28-30-32-34-36-42(50)47-39(40(49)35-33-31-29-27-12-10-8-6-4-2)38-54-46-45(53)44(52)43(51)41(37-48)55-46/h14-15,17-18,39-41,43-46,48-49,51-53H,3-13,16,19-38H2,1-2H3,(H,47,50)/b15-14-,18-17-. The summed E-state index contributed by atoms with van der Waals surface area (Å²) in [6.45, 7) is 3.79. The van der Waals surface area contributed by atoms with Gasteiger partial charge in [0.15, 0.2) is 6.29 Å². The number of amides is 1. The first-order valence-corrected chi connectivity index (χ1v) is 23.0. The summed E-state index contributed by atoms with van der Waals surface area (Å²) in [6, 6.07) is -0.715. The fourth-order valence-corrected chi connectivity index (χ4v) is 7.31. The molecule has 0 aliphatic carbocycles. The SMILES string of the molecule is CCCCCCC/C=C\C/C=C\CCCCCCCCCCCCCC(=O)NC(COC1OC(CO)C(O)C(O)C1O)C(O)CCCCCCCCCCC. The molecule has 1 rings (SSSR count). The molecule has 9 nitrogen and oxygen atoms in total. The van der Waals surface area contributed by atoms with Crippen molar-refractivity contribution < 1.29 is 39.8 Å². The summed E-state index contributed by atoms with van der Waals surface area (Å²) in [4.78, 5) is 12.9. The first-order chi connectivity index (χ1) is 26.8. The molecule has 0 radical (unpaired) electrons. The van der Waals surface area contributed by atoms with Gasteiger partial charge in [-0.15, -0.1) is 0 Å². The number of carbonyl (C=O) groups excluding carboxylic acids is 1. The minimum atomic E-state index is -1.55. The van der Waals surface area contributed by atoms with Gasteiger partial charge in [0.2, 0.25) is 5.91 Å². The summed E-state index contributed by atoms with van der Waals surface area (Å²) < 4.78 is 11.2. The van der Waals surface area contributed by atoms with Gasteiger partial charge in [0.25, 0.3) is 0 Å². The number of hydrogen-bond donors (Lipinski definition) is 6. The molecule has 9 heteroatoms. The van der Waals surface area contributed by atoms with Gasteiger partial charge >= 0.3 is 0 Å². The third-order valence-electron chi connectivity index (χ3n) is 11.1. The van der Waals surface area contributed by atoms with E-state index < -0.39 is 49.5 Å². The highest BCUT2D eigenvalue weighted by atomic mass is 16.7. The third-order valence-corrected chi connectivity index (χ3v) is 11.1. The molecule has 0 bridgehead atoms. The van der Waals surface area contributed by atoms with E-state index in [9.17, 15) is 30.3 Å². The molecule has 7 atom stereocenters. The molecule has 1 aliphatic rings. The quantitative estimate of drug-likeness (QED) is 0.0268. The van der Waals surface area contributed by atoms with Crippen LogP contribution in [-0.2, 0) is 14.3 Å². The van der Waals surface area contributed by atoms with Crippen molar-refractivity contribution in [2.75, 3.05) is 13.2 Å².